The summed E-state index contributed by atoms with van der Waals surface area (Å²) in [7, 11) is 0. The fraction of sp³-hybridized carbons (Fsp3) is 0.100. The van der Waals surface area contributed by atoms with Gasteiger partial charge in [-0.3, -0.25) is 4.79 Å². The predicted octanol–water partition coefficient (Wildman–Crippen LogP) is 1.22. The zero-order valence-corrected chi connectivity index (χ0v) is 9.11. The number of amides is 1. The normalized spacial score (nSPS) is 10.0. The van der Waals surface area contributed by atoms with Crippen molar-refractivity contribution >= 4 is 17.2 Å². The average molecular weight is 235 g/mol. The Morgan fingerprint density at radius 1 is 1.38 bits per heavy atom. The first-order valence-corrected chi connectivity index (χ1v) is 5.41. The Kier molecular flexibility index (Phi) is 3.11. The lowest BCUT2D eigenvalue weighted by Crippen LogP contribution is -2.10. The van der Waals surface area contributed by atoms with Crippen molar-refractivity contribution in [2.45, 2.75) is 6.61 Å². The van der Waals surface area contributed by atoms with Crippen LogP contribution < -0.4 is 10.5 Å². The molecule has 2 N–H and O–H groups in total. The van der Waals surface area contributed by atoms with Crippen molar-refractivity contribution in [3.8, 4) is 5.75 Å². The molecule has 0 aliphatic heterocycles. The third-order valence-corrected chi connectivity index (χ3v) is 2.58. The molecule has 0 saturated heterocycles. The van der Waals surface area contributed by atoms with Crippen LogP contribution in [0.1, 0.15) is 15.4 Å². The molecule has 0 saturated carbocycles. The number of ether oxygens (including phenoxy) is 1. The first-order valence-electron chi connectivity index (χ1n) is 4.53. The molecule has 1 heterocycles. The molecule has 5 nitrogen and oxygen atoms in total. The Bertz CT molecular complexity index is 467. The van der Waals surface area contributed by atoms with Gasteiger partial charge in [0.2, 0.25) is 5.91 Å². The lowest BCUT2D eigenvalue weighted by atomic mass is 10.2. The van der Waals surface area contributed by atoms with Crippen LogP contribution >= 0.6 is 11.3 Å². The van der Waals surface area contributed by atoms with Crippen LogP contribution in [-0.4, -0.2) is 16.1 Å². The molecule has 0 spiro atoms. The fourth-order valence-electron chi connectivity index (χ4n) is 1.12. The van der Waals surface area contributed by atoms with Gasteiger partial charge in [0, 0.05) is 5.56 Å². The van der Waals surface area contributed by atoms with Crippen molar-refractivity contribution in [3.05, 3.63) is 40.3 Å². The van der Waals surface area contributed by atoms with Crippen LogP contribution in [0.4, 0.5) is 0 Å². The molecule has 0 radical (unpaired) electrons. The van der Waals surface area contributed by atoms with Gasteiger partial charge in [0.25, 0.3) is 0 Å². The summed E-state index contributed by atoms with van der Waals surface area (Å²) in [6.07, 6.45) is 0. The summed E-state index contributed by atoms with van der Waals surface area (Å²) in [5, 5.41) is 8.35. The quantitative estimate of drug-likeness (QED) is 0.864. The smallest absolute Gasteiger partial charge is 0.248 e. The minimum atomic E-state index is -0.448. The predicted molar refractivity (Wildman–Crippen MR) is 59.2 cm³/mol. The van der Waals surface area contributed by atoms with Crippen LogP contribution in [0.25, 0.3) is 0 Å². The second-order valence-corrected chi connectivity index (χ2v) is 3.93. The van der Waals surface area contributed by atoms with E-state index in [1.54, 1.807) is 29.8 Å². The first-order chi connectivity index (χ1) is 7.75. The maximum absolute atomic E-state index is 10.8. The highest BCUT2D eigenvalue weighted by molar-refractivity contribution is 7.09. The van der Waals surface area contributed by atoms with Crippen molar-refractivity contribution in [1.29, 1.82) is 0 Å². The van der Waals surface area contributed by atoms with Gasteiger partial charge in [-0.25, -0.2) is 0 Å². The van der Waals surface area contributed by atoms with Crippen molar-refractivity contribution in [2.24, 2.45) is 5.73 Å². The van der Waals surface area contributed by atoms with E-state index in [9.17, 15) is 4.79 Å². The molecule has 2 rings (SSSR count). The molecule has 0 atom stereocenters. The summed E-state index contributed by atoms with van der Waals surface area (Å²) >= 11 is 1.43. The molecule has 0 bridgehead atoms. The van der Waals surface area contributed by atoms with Crippen LogP contribution in [0, 0.1) is 0 Å². The number of primary amides is 1. The number of hydrogen-bond acceptors (Lipinski definition) is 5. The van der Waals surface area contributed by atoms with Crippen LogP contribution in [0.15, 0.2) is 29.8 Å². The second kappa shape index (κ2) is 4.71. The molecule has 1 aromatic heterocycles. The third kappa shape index (κ3) is 2.54. The highest BCUT2D eigenvalue weighted by atomic mass is 32.1. The molecule has 82 valence electrons. The highest BCUT2D eigenvalue weighted by Gasteiger charge is 2.01. The number of benzene rings is 1. The summed E-state index contributed by atoms with van der Waals surface area (Å²) < 4.78 is 5.44. The molecule has 0 unspecified atom stereocenters. The molecule has 1 amide bonds. The van der Waals surface area contributed by atoms with Gasteiger partial charge in [0.15, 0.2) is 5.01 Å². The SMILES string of the molecule is NC(=O)c1ccc(OCc2nncs2)cc1. The first kappa shape index (κ1) is 10.6. The Balaban J connectivity index is 1.98. The molecule has 0 aliphatic rings. The Morgan fingerprint density at radius 2 is 2.12 bits per heavy atom. The molecular formula is C10H9N3O2S. The van der Waals surface area contributed by atoms with Crippen molar-refractivity contribution in [2.75, 3.05) is 0 Å². The topological polar surface area (TPSA) is 78.1 Å². The Labute approximate surface area is 95.9 Å². The zero-order chi connectivity index (χ0) is 11.4. The third-order valence-electron chi connectivity index (χ3n) is 1.91. The van der Waals surface area contributed by atoms with E-state index in [1.165, 1.54) is 11.3 Å². The van der Waals surface area contributed by atoms with Crippen molar-refractivity contribution < 1.29 is 9.53 Å². The Morgan fingerprint density at radius 3 is 2.69 bits per heavy atom. The van der Waals surface area contributed by atoms with Crippen LogP contribution in [-0.2, 0) is 6.61 Å². The van der Waals surface area contributed by atoms with Gasteiger partial charge >= 0.3 is 0 Å². The van der Waals surface area contributed by atoms with Gasteiger partial charge in [0.05, 0.1) is 0 Å². The summed E-state index contributed by atoms with van der Waals surface area (Å²) in [5.74, 6) is 0.218. The van der Waals surface area contributed by atoms with E-state index in [1.807, 2.05) is 0 Å². The average Bonchev–Trinajstić information content (AvgIpc) is 2.80. The van der Waals surface area contributed by atoms with E-state index >= 15 is 0 Å². The highest BCUT2D eigenvalue weighted by Crippen LogP contribution is 2.14. The van der Waals surface area contributed by atoms with E-state index in [2.05, 4.69) is 10.2 Å². The Hall–Kier alpha value is -1.95. The number of carbonyl (C=O) groups excluding carboxylic acids is 1. The minimum absolute atomic E-state index is 0.376. The molecule has 0 fully saturated rings. The number of hydrogen-bond donors (Lipinski definition) is 1. The summed E-state index contributed by atoms with van der Waals surface area (Å²) in [6.45, 7) is 0.376. The maximum Gasteiger partial charge on any atom is 0.248 e. The lowest BCUT2D eigenvalue weighted by molar-refractivity contribution is 0.100. The summed E-state index contributed by atoms with van der Waals surface area (Å²) in [4.78, 5) is 10.8. The van der Waals surface area contributed by atoms with Gasteiger partial charge in [0.1, 0.15) is 17.9 Å². The number of aromatic nitrogens is 2. The van der Waals surface area contributed by atoms with E-state index < -0.39 is 5.91 Å². The number of nitrogens with zero attached hydrogens (tertiary/aromatic N) is 2. The zero-order valence-electron chi connectivity index (χ0n) is 8.29. The monoisotopic (exact) mass is 235 g/mol. The summed E-state index contributed by atoms with van der Waals surface area (Å²) in [5.41, 5.74) is 7.23. The van der Waals surface area contributed by atoms with Crippen LogP contribution in [0.2, 0.25) is 0 Å². The molecule has 0 aliphatic carbocycles. The number of rotatable bonds is 4. The van der Waals surface area contributed by atoms with E-state index in [0.29, 0.717) is 17.9 Å². The van der Waals surface area contributed by atoms with Gasteiger partial charge in [-0.05, 0) is 24.3 Å². The maximum atomic E-state index is 10.8. The van der Waals surface area contributed by atoms with Gasteiger partial charge < -0.3 is 10.5 Å². The molecular weight excluding hydrogens is 226 g/mol. The summed E-state index contributed by atoms with van der Waals surface area (Å²) in [6, 6.07) is 6.64. The van der Waals surface area contributed by atoms with Crippen molar-refractivity contribution in [1.82, 2.24) is 10.2 Å². The van der Waals surface area contributed by atoms with Gasteiger partial charge in [-0.15, -0.1) is 21.5 Å². The van der Waals surface area contributed by atoms with E-state index in [4.69, 9.17) is 10.5 Å². The van der Waals surface area contributed by atoms with Crippen molar-refractivity contribution in [3.63, 3.8) is 0 Å². The molecule has 6 heteroatoms. The molecule has 2 aromatic rings. The fourth-order valence-corrected chi connectivity index (χ4v) is 1.56. The van der Waals surface area contributed by atoms with Crippen LogP contribution in [0.3, 0.4) is 0 Å². The van der Waals surface area contributed by atoms with Crippen LogP contribution in [0.5, 0.6) is 5.75 Å². The van der Waals surface area contributed by atoms with Gasteiger partial charge in [-0.2, -0.15) is 0 Å². The minimum Gasteiger partial charge on any atom is -0.486 e. The largest absolute Gasteiger partial charge is 0.486 e. The van der Waals surface area contributed by atoms with Gasteiger partial charge in [-0.1, -0.05) is 0 Å². The van der Waals surface area contributed by atoms with E-state index in [0.717, 1.165) is 5.01 Å². The number of nitrogens with two attached hydrogens (primary N) is 1. The molecule has 16 heavy (non-hydrogen) atoms. The lowest BCUT2D eigenvalue weighted by Gasteiger charge is -2.03. The standard InChI is InChI=1S/C10H9N3O2S/c11-10(14)7-1-3-8(4-2-7)15-5-9-13-12-6-16-9/h1-4,6H,5H2,(H2,11,14). The second-order valence-electron chi connectivity index (χ2n) is 3.01. The molecule has 1 aromatic carbocycles. The number of carbonyl (C=O) groups is 1. The van der Waals surface area contributed by atoms with E-state index in [-0.39, 0.29) is 0 Å².